The number of amides is 3. The van der Waals surface area contributed by atoms with Gasteiger partial charge in [-0.15, -0.1) is 0 Å². The van der Waals surface area contributed by atoms with Crippen molar-refractivity contribution in [3.63, 3.8) is 0 Å². The van der Waals surface area contributed by atoms with Crippen molar-refractivity contribution in [2.24, 2.45) is 0 Å². The van der Waals surface area contributed by atoms with Crippen LogP contribution in [-0.4, -0.2) is 24.0 Å². The van der Waals surface area contributed by atoms with Gasteiger partial charge in [-0.1, -0.05) is 66.7 Å². The van der Waals surface area contributed by atoms with E-state index in [1.54, 1.807) is 18.2 Å². The molecule has 236 valence electrons. The maximum atomic E-state index is 13.8. The van der Waals surface area contributed by atoms with Crippen molar-refractivity contribution in [2.45, 2.75) is 84.5 Å². The number of nitriles is 1. The highest BCUT2D eigenvalue weighted by Gasteiger charge is 2.28. The Balaban J connectivity index is 1.83. The van der Waals surface area contributed by atoms with Crippen molar-refractivity contribution in [2.75, 3.05) is 23.2 Å². The highest BCUT2D eigenvalue weighted by atomic mass is 16.5. The number of benzene rings is 2. The molecule has 0 radical (unpaired) electrons. The van der Waals surface area contributed by atoms with Crippen LogP contribution in [0.5, 0.6) is 5.75 Å². The van der Waals surface area contributed by atoms with Gasteiger partial charge in [0.15, 0.2) is 0 Å². The molecule has 3 rings (SSSR count). The Labute approximate surface area is 266 Å². The van der Waals surface area contributed by atoms with E-state index < -0.39 is 6.03 Å². The monoisotopic (exact) mass is 609 g/mol. The van der Waals surface area contributed by atoms with Gasteiger partial charge in [-0.25, -0.2) is 14.6 Å². The van der Waals surface area contributed by atoms with Crippen LogP contribution in [0, 0.1) is 17.9 Å². The third-order valence-corrected chi connectivity index (χ3v) is 8.56. The van der Waals surface area contributed by atoms with E-state index in [2.05, 4.69) is 91.1 Å². The van der Waals surface area contributed by atoms with Crippen LogP contribution in [0.3, 0.4) is 0 Å². The number of rotatable bonds is 12. The molecule has 0 saturated heterocycles. The fourth-order valence-corrected chi connectivity index (χ4v) is 4.69. The molecule has 0 aliphatic carbocycles. The number of urea groups is 1. The Kier molecular flexibility index (Phi) is 11.2. The first-order valence-corrected chi connectivity index (χ1v) is 15.1. The Bertz CT molecular complexity index is 1600. The second-order valence-corrected chi connectivity index (χ2v) is 12.2. The van der Waals surface area contributed by atoms with Gasteiger partial charge >= 0.3 is 6.03 Å². The number of pyridine rings is 1. The number of nitrogens with one attached hydrogen (secondary N) is 4. The molecule has 1 atom stereocenters. The fourth-order valence-electron chi connectivity index (χ4n) is 4.69. The van der Waals surface area contributed by atoms with Gasteiger partial charge in [-0.05, 0) is 71.0 Å². The van der Waals surface area contributed by atoms with Crippen molar-refractivity contribution < 1.29 is 14.3 Å². The summed E-state index contributed by atoms with van der Waals surface area (Å²) in [5.41, 5.74) is 9.50. The van der Waals surface area contributed by atoms with Crippen molar-refractivity contribution in [1.29, 1.82) is 5.26 Å². The number of ether oxygens (including phenoxy) is 1. The summed E-state index contributed by atoms with van der Waals surface area (Å²) in [7, 11) is 1.48. The first kappa shape index (κ1) is 34.4. The van der Waals surface area contributed by atoms with E-state index in [1.165, 1.54) is 30.5 Å². The topological polar surface area (TPSA) is 133 Å². The Hall–Kier alpha value is -5.09. The van der Waals surface area contributed by atoms with Crippen molar-refractivity contribution in [3.05, 3.63) is 82.3 Å². The third-order valence-electron chi connectivity index (χ3n) is 8.56. The summed E-state index contributed by atoms with van der Waals surface area (Å²) < 4.78 is 5.42. The van der Waals surface area contributed by atoms with Crippen LogP contribution in [-0.2, 0) is 15.6 Å². The summed E-state index contributed by atoms with van der Waals surface area (Å²) >= 11 is 0. The molecule has 0 fully saturated rings. The first-order valence-electron chi connectivity index (χ1n) is 15.1. The normalized spacial score (nSPS) is 11.9. The second kappa shape index (κ2) is 14.6. The number of hydrazine groups is 1. The Morgan fingerprint density at radius 3 is 2.18 bits per heavy atom. The van der Waals surface area contributed by atoms with Crippen LogP contribution in [0.2, 0.25) is 0 Å². The molecule has 3 aromatic rings. The van der Waals surface area contributed by atoms with Crippen LogP contribution in [0.15, 0.2) is 48.7 Å². The summed E-state index contributed by atoms with van der Waals surface area (Å²) in [6.07, 6.45) is 3.81. The third kappa shape index (κ3) is 8.30. The van der Waals surface area contributed by atoms with Crippen LogP contribution in [0.4, 0.5) is 27.7 Å². The Morgan fingerprint density at radius 1 is 1.00 bits per heavy atom. The van der Waals surface area contributed by atoms with E-state index in [0.717, 1.165) is 18.4 Å². The summed E-state index contributed by atoms with van der Waals surface area (Å²) in [5.74, 6) is 0.0535. The van der Waals surface area contributed by atoms with Crippen LogP contribution >= 0.6 is 0 Å². The molecule has 45 heavy (non-hydrogen) atoms. The molecular formula is C35H43N7O3. The average molecular weight is 610 g/mol. The molecule has 1 aromatic heterocycles. The molecular weight excluding hydrogens is 566 g/mol. The average Bonchev–Trinajstić information content (AvgIpc) is 3.03. The van der Waals surface area contributed by atoms with Gasteiger partial charge in [0.1, 0.15) is 11.6 Å². The molecule has 1 heterocycles. The SMILES string of the molecule is [C-]#[N+]c1cc(NNC(=O)Nc2cc(NC(=O)C(CC)c3cc(C(C)(C)CC)cc(C(C)(C)CC)c3)ccc2OC)ncc1C#N. The lowest BCUT2D eigenvalue weighted by molar-refractivity contribution is -0.117. The van der Waals surface area contributed by atoms with Gasteiger partial charge in [0.25, 0.3) is 0 Å². The minimum absolute atomic E-state index is 0.0370. The molecule has 10 heteroatoms. The van der Waals surface area contributed by atoms with E-state index in [4.69, 9.17) is 16.6 Å². The number of anilines is 3. The molecule has 10 nitrogen and oxygen atoms in total. The predicted molar refractivity (Wildman–Crippen MR) is 179 cm³/mol. The number of aromatic nitrogens is 1. The van der Waals surface area contributed by atoms with E-state index in [0.29, 0.717) is 23.5 Å². The molecule has 4 N–H and O–H groups in total. The first-order chi connectivity index (χ1) is 21.3. The quantitative estimate of drug-likeness (QED) is 0.121. The minimum Gasteiger partial charge on any atom is -0.495 e. The number of methoxy groups -OCH3 is 1. The second-order valence-electron chi connectivity index (χ2n) is 12.2. The van der Waals surface area contributed by atoms with Gasteiger partial charge in [0.05, 0.1) is 36.9 Å². The number of carbonyl (C=O) groups excluding carboxylic acids is 2. The Morgan fingerprint density at radius 2 is 1.64 bits per heavy atom. The highest BCUT2D eigenvalue weighted by molar-refractivity contribution is 5.98. The van der Waals surface area contributed by atoms with E-state index in [9.17, 15) is 9.59 Å². The van der Waals surface area contributed by atoms with Crippen molar-refractivity contribution >= 4 is 34.8 Å². The smallest absolute Gasteiger partial charge is 0.338 e. The maximum Gasteiger partial charge on any atom is 0.338 e. The van der Waals surface area contributed by atoms with E-state index in [-0.39, 0.29) is 39.7 Å². The van der Waals surface area contributed by atoms with Gasteiger partial charge in [-0.2, -0.15) is 5.26 Å². The number of carbonyl (C=O) groups is 2. The molecule has 1 unspecified atom stereocenters. The summed E-state index contributed by atoms with van der Waals surface area (Å²) in [6, 6.07) is 14.3. The summed E-state index contributed by atoms with van der Waals surface area (Å²) in [5, 5.41) is 14.8. The lowest BCUT2D eigenvalue weighted by atomic mass is 9.74. The lowest BCUT2D eigenvalue weighted by Gasteiger charge is -2.31. The zero-order valence-electron chi connectivity index (χ0n) is 27.4. The zero-order chi connectivity index (χ0) is 33.4. The van der Waals surface area contributed by atoms with Gasteiger partial charge in [-0.3, -0.25) is 15.6 Å². The molecule has 0 saturated carbocycles. The fraction of sp³-hybridized carbons (Fsp3) is 0.400. The van der Waals surface area contributed by atoms with Crippen molar-refractivity contribution in [1.82, 2.24) is 10.4 Å². The molecule has 2 aromatic carbocycles. The predicted octanol–water partition coefficient (Wildman–Crippen LogP) is 8.17. The van der Waals surface area contributed by atoms with Gasteiger partial charge < -0.3 is 15.4 Å². The van der Waals surface area contributed by atoms with Gasteiger partial charge in [0, 0.05) is 11.9 Å². The molecule has 3 amide bonds. The van der Waals surface area contributed by atoms with Crippen LogP contribution < -0.4 is 26.2 Å². The number of nitrogens with zero attached hydrogens (tertiary/aromatic N) is 3. The standard InChI is InChI=1S/C35H43N7O3/c1-10-27(22-15-24(34(4,5)11-2)17-25(16-22)35(6,7)12-3)32(43)39-26-13-14-30(45-9)29(18-26)40-33(44)42-41-31-19-28(37-8)23(20-36)21-38-31/h13-19,21,27H,10-12H2,1-7,9H3,(H,38,41)(H,39,43)(H2,40,42,44). The molecule has 0 aliphatic rings. The van der Waals surface area contributed by atoms with Crippen LogP contribution in [0.25, 0.3) is 4.85 Å². The van der Waals surface area contributed by atoms with E-state index in [1.807, 2.05) is 13.0 Å². The maximum absolute atomic E-state index is 13.8. The largest absolute Gasteiger partial charge is 0.495 e. The molecule has 0 aliphatic heterocycles. The zero-order valence-corrected chi connectivity index (χ0v) is 27.4. The minimum atomic E-state index is -0.639. The summed E-state index contributed by atoms with van der Waals surface area (Å²) in [6.45, 7) is 22.5. The highest BCUT2D eigenvalue weighted by Crippen LogP contribution is 2.37. The van der Waals surface area contributed by atoms with Crippen molar-refractivity contribution in [3.8, 4) is 11.8 Å². The number of hydrogen-bond donors (Lipinski definition) is 4. The number of hydrogen-bond acceptors (Lipinski definition) is 6. The molecule has 0 spiro atoms. The summed E-state index contributed by atoms with van der Waals surface area (Å²) in [4.78, 5) is 33.8. The van der Waals surface area contributed by atoms with Gasteiger partial charge in [0.2, 0.25) is 11.6 Å². The van der Waals surface area contributed by atoms with E-state index >= 15 is 0 Å². The molecule has 0 bridgehead atoms. The van der Waals surface area contributed by atoms with Crippen LogP contribution in [0.1, 0.15) is 95.9 Å². The lowest BCUT2D eigenvalue weighted by Crippen LogP contribution is -2.34.